The molecule has 3 aromatic carbocycles. The van der Waals surface area contributed by atoms with Gasteiger partial charge in [-0.1, -0.05) is 48.5 Å². The van der Waals surface area contributed by atoms with Gasteiger partial charge in [-0.15, -0.1) is 0 Å². The Bertz CT molecular complexity index is 1130. The number of likely N-dealkylation sites (N-methyl/N-ethyl adjacent to an activating group) is 1. The van der Waals surface area contributed by atoms with Crippen LogP contribution in [0.5, 0.6) is 5.75 Å². The van der Waals surface area contributed by atoms with Crippen LogP contribution in [0.1, 0.15) is 34.3 Å². The molecule has 1 amide bonds. The van der Waals surface area contributed by atoms with Gasteiger partial charge in [0, 0.05) is 12.1 Å². The number of hydrogen-bond acceptors (Lipinski definition) is 4. The summed E-state index contributed by atoms with van der Waals surface area (Å²) in [6.07, 6.45) is 1.91. The van der Waals surface area contributed by atoms with Crippen LogP contribution < -0.4 is 10.1 Å². The molecule has 0 bridgehead atoms. The third kappa shape index (κ3) is 4.10. The van der Waals surface area contributed by atoms with Gasteiger partial charge in [0.1, 0.15) is 12.4 Å². The van der Waals surface area contributed by atoms with Crippen molar-refractivity contribution in [2.75, 3.05) is 33.4 Å². The van der Waals surface area contributed by atoms with Gasteiger partial charge in [0.05, 0.1) is 24.8 Å². The van der Waals surface area contributed by atoms with Crippen molar-refractivity contribution in [2.24, 2.45) is 0 Å². The normalized spacial score (nSPS) is 20.1. The molecule has 32 heavy (non-hydrogen) atoms. The molecular formula is C27H30N2O3. The van der Waals surface area contributed by atoms with Crippen LogP contribution in [0.3, 0.4) is 0 Å². The first-order chi connectivity index (χ1) is 15.6. The predicted molar refractivity (Wildman–Crippen MR) is 126 cm³/mol. The molecule has 3 aromatic rings. The fourth-order valence-electron chi connectivity index (χ4n) is 4.56. The Morgan fingerprint density at radius 2 is 1.97 bits per heavy atom. The van der Waals surface area contributed by atoms with E-state index in [4.69, 9.17) is 9.47 Å². The molecule has 2 fully saturated rings. The van der Waals surface area contributed by atoms with E-state index in [-0.39, 0.29) is 17.5 Å². The minimum atomic E-state index is -0.288. The van der Waals surface area contributed by atoms with Crippen LogP contribution in [0.15, 0.2) is 60.7 Å². The Morgan fingerprint density at radius 1 is 1.16 bits per heavy atom. The summed E-state index contributed by atoms with van der Waals surface area (Å²) in [5, 5.41) is 5.76. The number of carbonyl (C=O) groups excluding carboxylic acids is 1. The van der Waals surface area contributed by atoms with Crippen molar-refractivity contribution < 1.29 is 14.3 Å². The summed E-state index contributed by atoms with van der Waals surface area (Å²) in [7, 11) is 2.09. The third-order valence-corrected chi connectivity index (χ3v) is 6.83. The lowest BCUT2D eigenvalue weighted by atomic mass is 9.96. The number of hydrogen-bond donors (Lipinski definition) is 1. The maximum Gasteiger partial charge on any atom is 0.252 e. The van der Waals surface area contributed by atoms with Crippen LogP contribution in [-0.2, 0) is 10.3 Å². The zero-order chi connectivity index (χ0) is 22.1. The number of aryl methyl sites for hydroxylation is 1. The van der Waals surface area contributed by atoms with Crippen molar-refractivity contribution in [1.29, 1.82) is 0 Å². The largest absolute Gasteiger partial charge is 0.492 e. The summed E-state index contributed by atoms with van der Waals surface area (Å²) in [6, 6.07) is 20.7. The van der Waals surface area contributed by atoms with Gasteiger partial charge in [-0.05, 0) is 60.8 Å². The number of fused-ring (bicyclic) bond motifs is 1. The quantitative estimate of drug-likeness (QED) is 0.634. The highest BCUT2D eigenvalue weighted by Gasteiger charge is 2.46. The molecule has 5 nitrogen and oxygen atoms in total. The predicted octanol–water partition coefficient (Wildman–Crippen LogP) is 4.28. The topological polar surface area (TPSA) is 50.8 Å². The molecule has 1 atom stereocenters. The first kappa shape index (κ1) is 21.0. The number of nitrogens with one attached hydrogen (secondary N) is 1. The lowest BCUT2D eigenvalue weighted by Gasteiger charge is -2.32. The number of ether oxygens (including phenoxy) is 2. The Kier molecular flexibility index (Phi) is 5.62. The highest BCUT2D eigenvalue weighted by Crippen LogP contribution is 2.48. The summed E-state index contributed by atoms with van der Waals surface area (Å²) in [5.74, 6) is 0.672. The van der Waals surface area contributed by atoms with Gasteiger partial charge in [-0.2, -0.15) is 0 Å². The monoisotopic (exact) mass is 430 g/mol. The molecule has 0 radical (unpaired) electrons. The highest BCUT2D eigenvalue weighted by atomic mass is 16.5. The zero-order valence-electron chi connectivity index (χ0n) is 18.8. The molecule has 2 aliphatic rings. The van der Waals surface area contributed by atoms with Crippen LogP contribution in [0, 0.1) is 6.92 Å². The lowest BCUT2D eigenvalue weighted by molar-refractivity contribution is -0.0108. The fourth-order valence-corrected chi connectivity index (χ4v) is 4.56. The fraction of sp³-hybridized carbons (Fsp3) is 0.370. The summed E-state index contributed by atoms with van der Waals surface area (Å²) in [4.78, 5) is 15.6. The Balaban J connectivity index is 1.33. The molecule has 166 valence electrons. The molecule has 1 heterocycles. The molecule has 1 aliphatic carbocycles. The van der Waals surface area contributed by atoms with Gasteiger partial charge in [0.25, 0.3) is 5.91 Å². The van der Waals surface area contributed by atoms with Crippen LogP contribution >= 0.6 is 0 Å². The van der Waals surface area contributed by atoms with Gasteiger partial charge < -0.3 is 14.8 Å². The Labute approximate surface area is 189 Å². The molecule has 5 rings (SSSR count). The van der Waals surface area contributed by atoms with Crippen LogP contribution in [0.4, 0.5) is 0 Å². The van der Waals surface area contributed by atoms with E-state index < -0.39 is 0 Å². The molecule has 0 spiro atoms. The van der Waals surface area contributed by atoms with Crippen molar-refractivity contribution in [3.05, 3.63) is 77.4 Å². The van der Waals surface area contributed by atoms with E-state index in [9.17, 15) is 4.79 Å². The van der Waals surface area contributed by atoms with E-state index in [1.54, 1.807) is 0 Å². The van der Waals surface area contributed by atoms with E-state index >= 15 is 0 Å². The minimum Gasteiger partial charge on any atom is -0.492 e. The van der Waals surface area contributed by atoms with Gasteiger partial charge >= 0.3 is 0 Å². The second-order valence-corrected chi connectivity index (χ2v) is 9.06. The molecule has 1 N–H and O–H groups in total. The Hall–Kier alpha value is -2.89. The van der Waals surface area contributed by atoms with E-state index in [0.29, 0.717) is 18.8 Å². The van der Waals surface area contributed by atoms with Gasteiger partial charge in [0.2, 0.25) is 0 Å². The second-order valence-electron chi connectivity index (χ2n) is 9.06. The average Bonchev–Trinajstić information content (AvgIpc) is 3.59. The maximum atomic E-state index is 13.3. The highest BCUT2D eigenvalue weighted by molar-refractivity contribution is 5.97. The molecule has 0 aromatic heterocycles. The van der Waals surface area contributed by atoms with E-state index in [2.05, 4.69) is 59.7 Å². The number of benzene rings is 3. The van der Waals surface area contributed by atoms with Crippen molar-refractivity contribution >= 4 is 16.7 Å². The molecule has 5 heteroatoms. The van der Waals surface area contributed by atoms with Crippen molar-refractivity contribution in [3.63, 3.8) is 0 Å². The summed E-state index contributed by atoms with van der Waals surface area (Å²) in [5.41, 5.74) is 2.53. The first-order valence-corrected chi connectivity index (χ1v) is 11.4. The van der Waals surface area contributed by atoms with Gasteiger partial charge in [-0.25, -0.2) is 0 Å². The van der Waals surface area contributed by atoms with Crippen LogP contribution in [-0.4, -0.2) is 50.3 Å². The van der Waals surface area contributed by atoms with Gasteiger partial charge in [-0.3, -0.25) is 9.69 Å². The molecule has 1 aliphatic heterocycles. The number of rotatable bonds is 6. The zero-order valence-corrected chi connectivity index (χ0v) is 18.8. The lowest BCUT2D eigenvalue weighted by Crippen LogP contribution is -2.46. The molecule has 1 saturated carbocycles. The molecular weight excluding hydrogens is 400 g/mol. The van der Waals surface area contributed by atoms with Gasteiger partial charge in [0.15, 0.2) is 0 Å². The maximum absolute atomic E-state index is 13.3. The second kappa shape index (κ2) is 8.57. The summed E-state index contributed by atoms with van der Waals surface area (Å²) >= 11 is 0. The third-order valence-electron chi connectivity index (χ3n) is 6.83. The Morgan fingerprint density at radius 3 is 2.78 bits per heavy atom. The van der Waals surface area contributed by atoms with Crippen molar-refractivity contribution in [1.82, 2.24) is 10.2 Å². The molecule has 1 saturated heterocycles. The standard InChI is InChI=1S/C27H30N2O3/c1-19-10-11-22(32-18-21-17-31-15-14-29(21)2)16-24(19)26(30)28-27(12-13-27)25-9-5-7-20-6-3-4-8-23(20)25/h3-11,16,21H,12-15,17-18H2,1-2H3,(H,28,30). The number of carbonyl (C=O) groups is 1. The van der Waals surface area contributed by atoms with Crippen LogP contribution in [0.2, 0.25) is 0 Å². The average molecular weight is 431 g/mol. The summed E-state index contributed by atoms with van der Waals surface area (Å²) in [6.45, 7) is 4.86. The van der Waals surface area contributed by atoms with Crippen LogP contribution in [0.25, 0.3) is 10.8 Å². The SMILES string of the molecule is Cc1ccc(OCC2COCCN2C)cc1C(=O)NC1(c2cccc3ccccc23)CC1. The van der Waals surface area contributed by atoms with E-state index in [1.165, 1.54) is 16.3 Å². The smallest absolute Gasteiger partial charge is 0.252 e. The number of morpholine rings is 1. The van der Waals surface area contributed by atoms with E-state index in [0.717, 1.165) is 37.3 Å². The molecule has 1 unspecified atom stereocenters. The van der Waals surface area contributed by atoms with E-state index in [1.807, 2.05) is 25.1 Å². The minimum absolute atomic E-state index is 0.0449. The first-order valence-electron chi connectivity index (χ1n) is 11.4. The number of nitrogens with zero attached hydrogens (tertiary/aromatic N) is 1. The summed E-state index contributed by atoms with van der Waals surface area (Å²) < 4.78 is 11.6. The van der Waals surface area contributed by atoms with Crippen molar-refractivity contribution in [3.8, 4) is 5.75 Å². The number of amides is 1. The van der Waals surface area contributed by atoms with Crippen molar-refractivity contribution in [2.45, 2.75) is 31.3 Å².